The smallest absolute Gasteiger partial charge is 0.262 e. The van der Waals surface area contributed by atoms with Crippen LogP contribution in [0.2, 0.25) is 5.02 Å². The minimum absolute atomic E-state index is 0.0548. The number of benzene rings is 2. The van der Waals surface area contributed by atoms with Crippen LogP contribution in [0.1, 0.15) is 18.4 Å². The first-order valence-electron chi connectivity index (χ1n) is 9.22. The van der Waals surface area contributed by atoms with Crippen molar-refractivity contribution in [3.8, 4) is 0 Å². The maximum atomic E-state index is 14.1. The molecule has 1 saturated heterocycles. The second-order valence-corrected chi connectivity index (χ2v) is 8.32. The Balaban J connectivity index is 1.77. The molecule has 1 aromatic heterocycles. The summed E-state index contributed by atoms with van der Waals surface area (Å²) in [6.07, 6.45) is 1.29. The lowest BCUT2D eigenvalue weighted by Gasteiger charge is -2.17. The van der Waals surface area contributed by atoms with Gasteiger partial charge in [0.15, 0.2) is 28.4 Å². The highest BCUT2D eigenvalue weighted by Crippen LogP contribution is 2.30. The van der Waals surface area contributed by atoms with E-state index in [9.17, 15) is 26.7 Å². The van der Waals surface area contributed by atoms with Gasteiger partial charge in [0, 0.05) is 22.9 Å². The first-order valence-corrected chi connectivity index (χ1v) is 10.6. The van der Waals surface area contributed by atoms with Gasteiger partial charge in [-0.2, -0.15) is 0 Å². The molecule has 0 saturated carbocycles. The van der Waals surface area contributed by atoms with Gasteiger partial charge in [-0.25, -0.2) is 26.9 Å². The van der Waals surface area contributed by atoms with E-state index >= 15 is 0 Å². The molecule has 11 heteroatoms. The van der Waals surface area contributed by atoms with Crippen molar-refractivity contribution in [2.45, 2.75) is 36.4 Å². The molecular weight excluding hydrogens is 463 g/mol. The molecule has 3 aromatic rings. The number of thioether (sulfide) groups is 1. The maximum absolute atomic E-state index is 14.1. The summed E-state index contributed by atoms with van der Waals surface area (Å²) in [7, 11) is 0. The van der Waals surface area contributed by atoms with Crippen molar-refractivity contribution >= 4 is 34.3 Å². The fourth-order valence-corrected chi connectivity index (χ4v) is 4.52. The van der Waals surface area contributed by atoms with Crippen LogP contribution in [0.4, 0.5) is 22.0 Å². The average molecular weight is 477 g/mol. The highest BCUT2D eigenvalue weighted by Gasteiger charge is 2.26. The van der Waals surface area contributed by atoms with Crippen molar-refractivity contribution in [1.82, 2.24) is 9.55 Å². The van der Waals surface area contributed by atoms with Gasteiger partial charge in [-0.15, -0.1) is 0 Å². The molecule has 2 aromatic carbocycles. The van der Waals surface area contributed by atoms with E-state index in [0.29, 0.717) is 29.8 Å². The Morgan fingerprint density at radius 2 is 1.77 bits per heavy atom. The number of hydrogen-bond acceptors (Lipinski definition) is 4. The Labute approximate surface area is 182 Å². The lowest BCUT2D eigenvalue weighted by atomic mass is 10.2. The van der Waals surface area contributed by atoms with E-state index < -0.39 is 46.0 Å². The topological polar surface area (TPSA) is 44.1 Å². The Bertz CT molecular complexity index is 1200. The van der Waals surface area contributed by atoms with E-state index in [1.807, 2.05) is 0 Å². The number of hydrogen-bond donors (Lipinski definition) is 0. The molecule has 0 amide bonds. The zero-order chi connectivity index (χ0) is 22.3. The highest BCUT2D eigenvalue weighted by atomic mass is 35.5. The molecule has 0 radical (unpaired) electrons. The molecule has 0 N–H and O–H groups in total. The summed E-state index contributed by atoms with van der Waals surface area (Å²) in [5.41, 5.74) is -1.16. The number of ether oxygens (including phenoxy) is 1. The quantitative estimate of drug-likeness (QED) is 0.167. The summed E-state index contributed by atoms with van der Waals surface area (Å²) < 4.78 is 75.3. The van der Waals surface area contributed by atoms with E-state index in [1.54, 1.807) is 0 Å². The summed E-state index contributed by atoms with van der Waals surface area (Å²) in [4.78, 5) is 17.4. The maximum Gasteiger partial charge on any atom is 0.262 e. The molecular formula is C20H14ClF5N2O2S. The van der Waals surface area contributed by atoms with Crippen molar-refractivity contribution in [2.24, 2.45) is 0 Å². The van der Waals surface area contributed by atoms with E-state index in [2.05, 4.69) is 4.98 Å². The Kier molecular flexibility index (Phi) is 6.23. The third-order valence-corrected chi connectivity index (χ3v) is 6.18. The van der Waals surface area contributed by atoms with Crippen LogP contribution in [0.5, 0.6) is 0 Å². The van der Waals surface area contributed by atoms with E-state index in [1.165, 1.54) is 22.8 Å². The van der Waals surface area contributed by atoms with Crippen LogP contribution in [-0.2, 0) is 17.0 Å². The van der Waals surface area contributed by atoms with Crippen LogP contribution in [0.3, 0.4) is 0 Å². The van der Waals surface area contributed by atoms with Gasteiger partial charge in [-0.1, -0.05) is 23.4 Å². The van der Waals surface area contributed by atoms with E-state index in [4.69, 9.17) is 16.3 Å². The highest BCUT2D eigenvalue weighted by molar-refractivity contribution is 7.98. The third-order valence-electron chi connectivity index (χ3n) is 4.94. The van der Waals surface area contributed by atoms with Gasteiger partial charge in [0.05, 0.1) is 23.6 Å². The second kappa shape index (κ2) is 8.76. The van der Waals surface area contributed by atoms with Crippen LogP contribution in [-0.4, -0.2) is 22.3 Å². The predicted octanol–water partition coefficient (Wildman–Crippen LogP) is 5.22. The average Bonchev–Trinajstić information content (AvgIpc) is 3.26. The van der Waals surface area contributed by atoms with Crippen molar-refractivity contribution < 1.29 is 26.7 Å². The molecule has 1 aliphatic rings. The zero-order valence-electron chi connectivity index (χ0n) is 15.7. The third kappa shape index (κ3) is 4.16. The fourth-order valence-electron chi connectivity index (χ4n) is 3.35. The molecule has 0 aliphatic carbocycles. The molecule has 4 rings (SSSR count). The first kappa shape index (κ1) is 22.0. The number of halogens is 6. The first-order chi connectivity index (χ1) is 14.8. The molecule has 1 aliphatic heterocycles. The zero-order valence-corrected chi connectivity index (χ0v) is 17.3. The summed E-state index contributed by atoms with van der Waals surface area (Å²) in [6.45, 7) is 0.687. The van der Waals surface area contributed by atoms with Crippen LogP contribution in [0, 0.1) is 29.1 Å². The largest absolute Gasteiger partial charge is 0.376 e. The number of nitrogens with zero attached hydrogens (tertiary/aromatic N) is 2. The van der Waals surface area contributed by atoms with Crippen molar-refractivity contribution in [3.05, 3.63) is 68.2 Å². The van der Waals surface area contributed by atoms with Gasteiger partial charge >= 0.3 is 0 Å². The molecule has 31 heavy (non-hydrogen) atoms. The lowest BCUT2D eigenvalue weighted by Crippen LogP contribution is -2.28. The number of aromatic nitrogens is 2. The Hall–Kier alpha value is -2.17. The van der Waals surface area contributed by atoms with Gasteiger partial charge in [-0.05, 0) is 31.0 Å². The van der Waals surface area contributed by atoms with E-state index in [-0.39, 0.29) is 28.7 Å². The molecule has 0 bridgehead atoms. The summed E-state index contributed by atoms with van der Waals surface area (Å²) >= 11 is 6.66. The number of rotatable bonds is 5. The summed E-state index contributed by atoms with van der Waals surface area (Å²) in [5, 5.41) is 0.661. The standard InChI is InChI=1S/C20H14ClF5N2O2S/c21-9-3-4-11-13(6-9)27-20(28(19(11)29)7-10-2-1-5-30-10)31-8-12-14(22)16(24)18(26)17(25)15(12)23/h3-4,6,10H,1-2,5,7-8H2. The molecule has 1 fully saturated rings. The van der Waals surface area contributed by atoms with Crippen molar-refractivity contribution in [1.29, 1.82) is 0 Å². The molecule has 164 valence electrons. The predicted molar refractivity (Wildman–Crippen MR) is 106 cm³/mol. The Morgan fingerprint density at radius 3 is 2.42 bits per heavy atom. The second-order valence-electron chi connectivity index (χ2n) is 6.94. The van der Waals surface area contributed by atoms with Crippen molar-refractivity contribution in [3.63, 3.8) is 0 Å². The molecule has 0 spiro atoms. The minimum Gasteiger partial charge on any atom is -0.376 e. The van der Waals surface area contributed by atoms with Gasteiger partial charge in [0.2, 0.25) is 5.82 Å². The van der Waals surface area contributed by atoms with Gasteiger partial charge in [-0.3, -0.25) is 9.36 Å². The normalized spacial score (nSPS) is 16.4. The van der Waals surface area contributed by atoms with Crippen LogP contribution in [0.15, 0.2) is 28.2 Å². The molecule has 2 heterocycles. The Morgan fingerprint density at radius 1 is 1.10 bits per heavy atom. The van der Waals surface area contributed by atoms with Crippen LogP contribution in [0.25, 0.3) is 10.9 Å². The van der Waals surface area contributed by atoms with Gasteiger partial charge in [0.1, 0.15) is 0 Å². The van der Waals surface area contributed by atoms with Crippen molar-refractivity contribution in [2.75, 3.05) is 6.61 Å². The minimum atomic E-state index is -2.22. The lowest BCUT2D eigenvalue weighted by molar-refractivity contribution is 0.0937. The summed E-state index contributed by atoms with van der Waals surface area (Å²) in [5.74, 6) is -10.7. The SMILES string of the molecule is O=c1c2ccc(Cl)cc2nc(SCc2c(F)c(F)c(F)c(F)c2F)n1CC1CCCO1. The van der Waals surface area contributed by atoms with Gasteiger partial charge in [0.25, 0.3) is 5.56 Å². The van der Waals surface area contributed by atoms with Crippen LogP contribution < -0.4 is 5.56 Å². The number of fused-ring (bicyclic) bond motifs is 1. The van der Waals surface area contributed by atoms with E-state index in [0.717, 1.165) is 6.42 Å². The molecule has 4 nitrogen and oxygen atoms in total. The monoisotopic (exact) mass is 476 g/mol. The fraction of sp³-hybridized carbons (Fsp3) is 0.300. The molecule has 1 unspecified atom stereocenters. The van der Waals surface area contributed by atoms with Crippen LogP contribution >= 0.6 is 23.4 Å². The molecule has 1 atom stereocenters. The van der Waals surface area contributed by atoms with Gasteiger partial charge < -0.3 is 4.74 Å². The summed E-state index contributed by atoms with van der Waals surface area (Å²) in [6, 6.07) is 4.50.